The number of benzene rings is 2. The fraction of sp³-hybridized carbons (Fsp3) is 0.278. The summed E-state index contributed by atoms with van der Waals surface area (Å²) >= 11 is 3.42. The van der Waals surface area contributed by atoms with Crippen LogP contribution in [0.15, 0.2) is 53.0 Å². The van der Waals surface area contributed by atoms with Gasteiger partial charge in [-0.25, -0.2) is 8.42 Å². The molecule has 0 radical (unpaired) electrons. The van der Waals surface area contributed by atoms with E-state index >= 15 is 0 Å². The molecular formula is C18H21BrN2O3S. The standard InChI is InChI=1S/C18H21BrN2O3S/c1-14-13-15(10-11-17(14)19)20-18(22)9-6-12-21(25(2,23)24)16-7-4-3-5-8-16/h3-5,7-8,10-11,13H,6,9,12H2,1-2H3,(H,20,22). The van der Waals surface area contributed by atoms with Gasteiger partial charge in [0.15, 0.2) is 0 Å². The number of anilines is 2. The number of carbonyl (C=O) groups is 1. The van der Waals surface area contributed by atoms with Crippen LogP contribution >= 0.6 is 15.9 Å². The van der Waals surface area contributed by atoms with E-state index in [4.69, 9.17) is 0 Å². The first kappa shape index (κ1) is 19.5. The van der Waals surface area contributed by atoms with Gasteiger partial charge in [0.25, 0.3) is 0 Å². The van der Waals surface area contributed by atoms with Crippen molar-refractivity contribution in [3.8, 4) is 0 Å². The largest absolute Gasteiger partial charge is 0.326 e. The minimum absolute atomic E-state index is 0.136. The second kappa shape index (κ2) is 8.49. The van der Waals surface area contributed by atoms with Crippen molar-refractivity contribution >= 4 is 43.2 Å². The van der Waals surface area contributed by atoms with Crippen LogP contribution in [0.25, 0.3) is 0 Å². The Kier molecular flexibility index (Phi) is 6.61. The number of para-hydroxylation sites is 1. The van der Waals surface area contributed by atoms with Gasteiger partial charge in [-0.15, -0.1) is 0 Å². The van der Waals surface area contributed by atoms with E-state index in [0.29, 0.717) is 12.1 Å². The first-order chi connectivity index (χ1) is 11.8. The molecule has 0 unspecified atom stereocenters. The summed E-state index contributed by atoms with van der Waals surface area (Å²) in [5.74, 6) is -0.136. The number of halogens is 1. The SMILES string of the molecule is Cc1cc(NC(=O)CCCN(c2ccccc2)S(C)(=O)=O)ccc1Br. The minimum Gasteiger partial charge on any atom is -0.326 e. The number of carbonyl (C=O) groups excluding carboxylic acids is 1. The average molecular weight is 425 g/mol. The molecule has 25 heavy (non-hydrogen) atoms. The van der Waals surface area contributed by atoms with Gasteiger partial charge < -0.3 is 5.32 Å². The van der Waals surface area contributed by atoms with Crippen molar-refractivity contribution < 1.29 is 13.2 Å². The second-order valence-electron chi connectivity index (χ2n) is 5.79. The van der Waals surface area contributed by atoms with Gasteiger partial charge in [0.05, 0.1) is 11.9 Å². The zero-order valence-corrected chi connectivity index (χ0v) is 16.6. The number of nitrogens with one attached hydrogen (secondary N) is 1. The van der Waals surface area contributed by atoms with E-state index in [0.717, 1.165) is 15.7 Å². The summed E-state index contributed by atoms with van der Waals surface area (Å²) in [5, 5.41) is 2.83. The van der Waals surface area contributed by atoms with Gasteiger partial charge in [-0.05, 0) is 49.2 Å². The molecule has 0 fully saturated rings. The molecule has 0 aliphatic rings. The van der Waals surface area contributed by atoms with Gasteiger partial charge in [-0.3, -0.25) is 9.10 Å². The molecule has 134 valence electrons. The highest BCUT2D eigenvalue weighted by molar-refractivity contribution is 9.10. The maximum absolute atomic E-state index is 12.1. The summed E-state index contributed by atoms with van der Waals surface area (Å²) in [7, 11) is -3.39. The van der Waals surface area contributed by atoms with Crippen molar-refractivity contribution in [3.63, 3.8) is 0 Å². The van der Waals surface area contributed by atoms with Gasteiger partial charge in [-0.2, -0.15) is 0 Å². The van der Waals surface area contributed by atoms with Crippen LogP contribution in [-0.2, 0) is 14.8 Å². The monoisotopic (exact) mass is 424 g/mol. The van der Waals surface area contributed by atoms with Crippen LogP contribution in [0.2, 0.25) is 0 Å². The fourth-order valence-corrected chi connectivity index (χ4v) is 3.62. The summed E-state index contributed by atoms with van der Waals surface area (Å²) in [5.41, 5.74) is 2.37. The number of nitrogens with zero attached hydrogens (tertiary/aromatic N) is 1. The molecule has 0 atom stereocenters. The van der Waals surface area contributed by atoms with Gasteiger partial charge in [-0.1, -0.05) is 34.1 Å². The summed E-state index contributed by atoms with van der Waals surface area (Å²) in [6.07, 6.45) is 1.85. The summed E-state index contributed by atoms with van der Waals surface area (Å²) in [6.45, 7) is 2.21. The predicted octanol–water partition coefficient (Wildman–Crippen LogP) is 3.94. The minimum atomic E-state index is -3.39. The highest BCUT2D eigenvalue weighted by Gasteiger charge is 2.17. The van der Waals surface area contributed by atoms with Crippen molar-refractivity contribution in [1.82, 2.24) is 0 Å². The predicted molar refractivity (Wildman–Crippen MR) is 105 cm³/mol. The third kappa shape index (κ3) is 5.86. The molecule has 0 heterocycles. The van der Waals surface area contributed by atoms with Crippen molar-refractivity contribution in [2.45, 2.75) is 19.8 Å². The lowest BCUT2D eigenvalue weighted by Gasteiger charge is -2.22. The van der Waals surface area contributed by atoms with Crippen LogP contribution in [0.3, 0.4) is 0 Å². The molecule has 2 rings (SSSR count). The quantitative estimate of drug-likeness (QED) is 0.731. The Morgan fingerprint density at radius 3 is 2.44 bits per heavy atom. The Bertz CT molecular complexity index is 839. The molecule has 0 aliphatic carbocycles. The summed E-state index contributed by atoms with van der Waals surface area (Å²) in [4.78, 5) is 12.1. The lowest BCUT2D eigenvalue weighted by atomic mass is 10.2. The summed E-state index contributed by atoms with van der Waals surface area (Å²) in [6, 6.07) is 14.5. The molecule has 2 aromatic carbocycles. The second-order valence-corrected chi connectivity index (χ2v) is 8.55. The van der Waals surface area contributed by atoms with Crippen LogP contribution in [-0.4, -0.2) is 27.1 Å². The molecule has 1 amide bonds. The number of hydrogen-bond donors (Lipinski definition) is 1. The highest BCUT2D eigenvalue weighted by Crippen LogP contribution is 2.21. The number of rotatable bonds is 7. The zero-order valence-electron chi connectivity index (χ0n) is 14.2. The number of aryl methyl sites for hydroxylation is 1. The molecule has 2 aromatic rings. The Morgan fingerprint density at radius 1 is 1.16 bits per heavy atom. The maximum atomic E-state index is 12.1. The van der Waals surface area contributed by atoms with Crippen LogP contribution < -0.4 is 9.62 Å². The van der Waals surface area contributed by atoms with E-state index in [2.05, 4.69) is 21.2 Å². The van der Waals surface area contributed by atoms with Crippen LogP contribution in [0.5, 0.6) is 0 Å². The topological polar surface area (TPSA) is 66.5 Å². The van der Waals surface area contributed by atoms with E-state index in [9.17, 15) is 13.2 Å². The molecule has 7 heteroatoms. The van der Waals surface area contributed by atoms with Crippen molar-refractivity contribution in [2.75, 3.05) is 22.4 Å². The van der Waals surface area contributed by atoms with Crippen LogP contribution in [0.4, 0.5) is 11.4 Å². The van der Waals surface area contributed by atoms with Gasteiger partial charge in [0.2, 0.25) is 15.9 Å². The van der Waals surface area contributed by atoms with Crippen molar-refractivity contribution in [1.29, 1.82) is 0 Å². The van der Waals surface area contributed by atoms with E-state index < -0.39 is 10.0 Å². The lowest BCUT2D eigenvalue weighted by molar-refractivity contribution is -0.116. The smallest absolute Gasteiger partial charge is 0.232 e. The summed E-state index contributed by atoms with van der Waals surface area (Å²) < 4.78 is 26.3. The molecule has 0 saturated heterocycles. The molecule has 5 nitrogen and oxygen atoms in total. The highest BCUT2D eigenvalue weighted by atomic mass is 79.9. The molecule has 0 aromatic heterocycles. The lowest BCUT2D eigenvalue weighted by Crippen LogP contribution is -2.31. The van der Waals surface area contributed by atoms with Crippen molar-refractivity contribution in [3.05, 3.63) is 58.6 Å². The van der Waals surface area contributed by atoms with Gasteiger partial charge >= 0.3 is 0 Å². The number of amides is 1. The van der Waals surface area contributed by atoms with Gasteiger partial charge in [0.1, 0.15) is 0 Å². The zero-order chi connectivity index (χ0) is 18.4. The fourth-order valence-electron chi connectivity index (χ4n) is 2.41. The van der Waals surface area contributed by atoms with Crippen LogP contribution in [0.1, 0.15) is 18.4 Å². The Hall–Kier alpha value is -1.86. The number of sulfonamides is 1. The molecule has 0 saturated carbocycles. The van der Waals surface area contributed by atoms with E-state index in [-0.39, 0.29) is 18.9 Å². The Morgan fingerprint density at radius 2 is 1.84 bits per heavy atom. The molecule has 0 aliphatic heterocycles. The maximum Gasteiger partial charge on any atom is 0.232 e. The van der Waals surface area contributed by atoms with E-state index in [1.54, 1.807) is 24.3 Å². The molecule has 1 N–H and O–H groups in total. The molecule has 0 bridgehead atoms. The first-order valence-corrected chi connectivity index (χ1v) is 10.5. The van der Waals surface area contributed by atoms with Gasteiger partial charge in [0, 0.05) is 23.1 Å². The molecule has 0 spiro atoms. The molecular weight excluding hydrogens is 404 g/mol. The van der Waals surface area contributed by atoms with Crippen molar-refractivity contribution in [2.24, 2.45) is 0 Å². The third-order valence-corrected chi connectivity index (χ3v) is 5.74. The average Bonchev–Trinajstić information content (AvgIpc) is 2.55. The first-order valence-electron chi connectivity index (χ1n) is 7.86. The van der Waals surface area contributed by atoms with Crippen LogP contribution in [0, 0.1) is 6.92 Å². The number of hydrogen-bond acceptors (Lipinski definition) is 3. The van der Waals surface area contributed by atoms with E-state index in [1.165, 1.54) is 10.6 Å². The Labute approximate surface area is 157 Å². The third-order valence-electron chi connectivity index (χ3n) is 3.65. The Balaban J connectivity index is 1.93. The normalized spacial score (nSPS) is 11.2. The van der Waals surface area contributed by atoms with E-state index in [1.807, 2.05) is 31.2 Å².